The van der Waals surface area contributed by atoms with E-state index in [0.29, 0.717) is 27.7 Å². The third kappa shape index (κ3) is 7.46. The number of aromatic carboxylic acids is 2. The Morgan fingerprint density at radius 1 is 0.500 bits per heavy atom. The van der Waals surface area contributed by atoms with Crippen molar-refractivity contribution in [3.05, 3.63) is 200 Å². The molecule has 58 heavy (non-hydrogen) atoms. The SMILES string of the molecule is O=C(O)c1ccc(-c2cc(C(=O)c3c(Cl)cccc3Cl)n3cc(F)ccc23)cc1.O=C(O)c1ccc(-c2cc(C(=O)c3c(F)cccc3Cl)n3ccccc23)c(F)c1. The van der Waals surface area contributed by atoms with Crippen LogP contribution < -0.4 is 0 Å². The highest BCUT2D eigenvalue weighted by Gasteiger charge is 2.25. The first-order chi connectivity index (χ1) is 27.7. The lowest BCUT2D eigenvalue weighted by molar-refractivity contribution is 0.0686. The first-order valence-electron chi connectivity index (χ1n) is 17.0. The molecule has 4 aromatic heterocycles. The molecule has 288 valence electrons. The molecule has 0 saturated carbocycles. The van der Waals surface area contributed by atoms with Crippen molar-refractivity contribution in [2.75, 3.05) is 0 Å². The van der Waals surface area contributed by atoms with Crippen LogP contribution in [-0.4, -0.2) is 42.5 Å². The molecule has 14 heteroatoms. The van der Waals surface area contributed by atoms with Gasteiger partial charge in [-0.15, -0.1) is 0 Å². The Balaban J connectivity index is 0.000000177. The summed E-state index contributed by atoms with van der Waals surface area (Å²) in [5.74, 6) is -5.40. The number of halogens is 6. The Bertz CT molecular complexity index is 2940. The maximum absolute atomic E-state index is 14.6. The van der Waals surface area contributed by atoms with Gasteiger partial charge in [-0.1, -0.05) is 71.2 Å². The van der Waals surface area contributed by atoms with Gasteiger partial charge >= 0.3 is 11.9 Å². The smallest absolute Gasteiger partial charge is 0.335 e. The van der Waals surface area contributed by atoms with Crippen LogP contribution in [0.3, 0.4) is 0 Å². The Labute approximate surface area is 341 Å². The fourth-order valence-electron chi connectivity index (χ4n) is 6.47. The van der Waals surface area contributed by atoms with E-state index < -0.39 is 41.0 Å². The van der Waals surface area contributed by atoms with Gasteiger partial charge in [-0.3, -0.25) is 9.59 Å². The minimum absolute atomic E-state index is 0.0283. The third-order valence-electron chi connectivity index (χ3n) is 9.20. The molecule has 8 aromatic rings. The number of fused-ring (bicyclic) bond motifs is 2. The number of hydrogen-bond acceptors (Lipinski definition) is 4. The van der Waals surface area contributed by atoms with Crippen molar-refractivity contribution in [3.63, 3.8) is 0 Å². The molecule has 8 rings (SSSR count). The van der Waals surface area contributed by atoms with Crippen molar-refractivity contribution in [2.24, 2.45) is 0 Å². The summed E-state index contributed by atoms with van der Waals surface area (Å²) >= 11 is 18.4. The molecule has 0 aliphatic rings. The van der Waals surface area contributed by atoms with Crippen LogP contribution in [0.4, 0.5) is 13.2 Å². The predicted molar refractivity (Wildman–Crippen MR) is 214 cm³/mol. The number of carbonyl (C=O) groups is 4. The number of pyridine rings is 2. The third-order valence-corrected chi connectivity index (χ3v) is 10.1. The predicted octanol–water partition coefficient (Wildman–Crippen LogP) is 11.4. The number of hydrogen-bond donors (Lipinski definition) is 2. The van der Waals surface area contributed by atoms with Crippen molar-refractivity contribution in [1.82, 2.24) is 8.80 Å². The van der Waals surface area contributed by atoms with Crippen LogP contribution in [0.5, 0.6) is 0 Å². The van der Waals surface area contributed by atoms with Gasteiger partial charge in [0.2, 0.25) is 11.6 Å². The van der Waals surface area contributed by atoms with Crippen molar-refractivity contribution in [3.8, 4) is 22.3 Å². The Kier molecular flexibility index (Phi) is 11.0. The van der Waals surface area contributed by atoms with Crippen LogP contribution >= 0.6 is 34.8 Å². The summed E-state index contributed by atoms with van der Waals surface area (Å²) < 4.78 is 45.8. The monoisotopic (exact) mass is 838 g/mol. The molecule has 0 amide bonds. The second-order valence-corrected chi connectivity index (χ2v) is 13.9. The van der Waals surface area contributed by atoms with Gasteiger partial charge in [0.05, 0.1) is 59.7 Å². The van der Waals surface area contributed by atoms with Crippen LogP contribution in [0.2, 0.25) is 15.1 Å². The molecule has 4 aromatic carbocycles. The van der Waals surface area contributed by atoms with Crippen molar-refractivity contribution >= 4 is 69.3 Å². The van der Waals surface area contributed by atoms with Crippen LogP contribution in [0.25, 0.3) is 33.3 Å². The van der Waals surface area contributed by atoms with Gasteiger partial charge in [-0.2, -0.15) is 0 Å². The standard InChI is InChI=1S/C22H12Cl2FNO3.C22H12ClF2NO3/c23-16-2-1-3-17(24)20(16)21(27)19-10-15(18-9-8-14(25)11-26(18)19)12-4-6-13(7-5-12)22(28)29;23-15-4-3-5-16(24)20(15)21(27)19-11-14(18-6-1-2-9-26(18)19)13-8-7-12(22(28)29)10-17(13)25/h2*1-11H,(H,28,29). The van der Waals surface area contributed by atoms with Crippen LogP contribution in [-0.2, 0) is 0 Å². The molecule has 0 fully saturated rings. The summed E-state index contributed by atoms with van der Waals surface area (Å²) in [5, 5.41) is 18.5. The average molecular weight is 840 g/mol. The van der Waals surface area contributed by atoms with E-state index in [1.54, 1.807) is 66.9 Å². The quantitative estimate of drug-likeness (QED) is 0.147. The first-order valence-corrected chi connectivity index (χ1v) is 18.1. The normalized spacial score (nSPS) is 11.0. The zero-order valence-corrected chi connectivity index (χ0v) is 31.7. The molecule has 0 unspecified atom stereocenters. The highest BCUT2D eigenvalue weighted by Crippen LogP contribution is 2.35. The van der Waals surface area contributed by atoms with Gasteiger partial charge in [0.25, 0.3) is 0 Å². The van der Waals surface area contributed by atoms with E-state index in [0.717, 1.165) is 12.1 Å². The average Bonchev–Trinajstić information content (AvgIpc) is 3.77. The van der Waals surface area contributed by atoms with Gasteiger partial charge in [-0.25, -0.2) is 22.8 Å². The topological polar surface area (TPSA) is 118 Å². The minimum Gasteiger partial charge on any atom is -0.478 e. The number of carboxylic acid groups (broad SMARTS) is 2. The highest BCUT2D eigenvalue weighted by molar-refractivity contribution is 6.41. The molecular formula is C44H24Cl3F3N2O6. The zero-order chi connectivity index (χ0) is 41.4. The lowest BCUT2D eigenvalue weighted by Crippen LogP contribution is -2.08. The molecular weight excluding hydrogens is 816 g/mol. The number of carbonyl (C=O) groups excluding carboxylic acids is 2. The van der Waals surface area contributed by atoms with E-state index in [9.17, 15) is 32.3 Å². The number of rotatable bonds is 8. The molecule has 4 heterocycles. The molecule has 0 radical (unpaired) electrons. The maximum atomic E-state index is 14.6. The van der Waals surface area contributed by atoms with Crippen molar-refractivity contribution in [2.45, 2.75) is 0 Å². The van der Waals surface area contributed by atoms with Crippen LogP contribution in [0.15, 0.2) is 134 Å². The molecule has 0 aliphatic heterocycles. The number of benzene rings is 4. The van der Waals surface area contributed by atoms with Gasteiger partial charge in [0.15, 0.2) is 0 Å². The molecule has 0 saturated heterocycles. The fourth-order valence-corrected chi connectivity index (χ4v) is 7.29. The molecule has 0 atom stereocenters. The summed E-state index contributed by atoms with van der Waals surface area (Å²) in [6, 6.07) is 29.4. The number of ketones is 2. The highest BCUT2D eigenvalue weighted by atomic mass is 35.5. The second-order valence-electron chi connectivity index (χ2n) is 12.7. The van der Waals surface area contributed by atoms with E-state index in [4.69, 9.17) is 45.0 Å². The first kappa shape index (κ1) is 39.6. The summed E-state index contributed by atoms with van der Waals surface area (Å²) in [5.41, 5.74) is 3.01. The van der Waals surface area contributed by atoms with Gasteiger partial charge in [0, 0.05) is 29.1 Å². The van der Waals surface area contributed by atoms with E-state index >= 15 is 0 Å². The minimum atomic E-state index is -1.25. The van der Waals surface area contributed by atoms with Gasteiger partial charge in [0.1, 0.15) is 17.5 Å². The van der Waals surface area contributed by atoms with Crippen LogP contribution in [0.1, 0.15) is 52.8 Å². The number of nitrogens with zero attached hydrogens (tertiary/aromatic N) is 2. The van der Waals surface area contributed by atoms with Crippen molar-refractivity contribution < 1.29 is 42.6 Å². The zero-order valence-electron chi connectivity index (χ0n) is 29.4. The Hall–Kier alpha value is -6.66. The number of carboxylic acids is 2. The van der Waals surface area contributed by atoms with E-state index in [-0.39, 0.29) is 54.3 Å². The molecule has 0 spiro atoms. The summed E-state index contributed by atoms with van der Waals surface area (Å²) in [6.45, 7) is 0. The lowest BCUT2D eigenvalue weighted by atomic mass is 10.0. The Morgan fingerprint density at radius 3 is 1.71 bits per heavy atom. The Morgan fingerprint density at radius 2 is 1.07 bits per heavy atom. The van der Waals surface area contributed by atoms with E-state index in [1.165, 1.54) is 63.5 Å². The van der Waals surface area contributed by atoms with E-state index in [1.807, 2.05) is 0 Å². The van der Waals surface area contributed by atoms with Crippen LogP contribution in [0, 0.1) is 17.5 Å². The second kappa shape index (κ2) is 16.1. The fraction of sp³-hybridized carbons (Fsp3) is 0. The maximum Gasteiger partial charge on any atom is 0.335 e. The van der Waals surface area contributed by atoms with Crippen molar-refractivity contribution in [1.29, 1.82) is 0 Å². The molecule has 8 nitrogen and oxygen atoms in total. The van der Waals surface area contributed by atoms with Gasteiger partial charge in [-0.05, 0) is 90.5 Å². The molecule has 2 N–H and O–H groups in total. The summed E-state index contributed by atoms with van der Waals surface area (Å²) in [4.78, 5) is 48.4. The molecule has 0 aliphatic carbocycles. The summed E-state index contributed by atoms with van der Waals surface area (Å²) in [6.07, 6.45) is 2.81. The van der Waals surface area contributed by atoms with E-state index in [2.05, 4.69) is 0 Å². The summed E-state index contributed by atoms with van der Waals surface area (Å²) in [7, 11) is 0. The molecule has 0 bridgehead atoms. The largest absolute Gasteiger partial charge is 0.478 e. The lowest BCUT2D eigenvalue weighted by Gasteiger charge is -2.06. The van der Waals surface area contributed by atoms with Gasteiger partial charge < -0.3 is 19.0 Å². The number of aromatic nitrogens is 2.